The number of cyclic esters (lactones) is 1. The second kappa shape index (κ2) is 13.8. The van der Waals surface area contributed by atoms with Crippen LogP contribution in [0.25, 0.3) is 0 Å². The van der Waals surface area contributed by atoms with E-state index >= 15 is 0 Å². The molecule has 2 rings (SSSR count). The second-order valence-electron chi connectivity index (χ2n) is 10.9. The summed E-state index contributed by atoms with van der Waals surface area (Å²) in [4.78, 5) is 25.6. The van der Waals surface area contributed by atoms with Crippen LogP contribution >= 0.6 is 0 Å². The zero-order chi connectivity index (χ0) is 25.3. The number of nitriles is 1. The van der Waals surface area contributed by atoms with Crippen LogP contribution in [0.3, 0.4) is 0 Å². The number of hydrogen-bond acceptors (Lipinski definition) is 6. The van der Waals surface area contributed by atoms with Gasteiger partial charge in [-0.25, -0.2) is 0 Å². The van der Waals surface area contributed by atoms with Crippen molar-refractivity contribution in [3.05, 3.63) is 23.8 Å². The van der Waals surface area contributed by atoms with E-state index in [-0.39, 0.29) is 48.1 Å². The van der Waals surface area contributed by atoms with E-state index in [9.17, 15) is 25.1 Å². The van der Waals surface area contributed by atoms with E-state index in [1.54, 1.807) is 12.2 Å². The van der Waals surface area contributed by atoms with Crippen molar-refractivity contribution in [3.8, 4) is 6.07 Å². The number of carbonyl (C=O) groups excluding carboxylic acids is 2. The van der Waals surface area contributed by atoms with E-state index in [2.05, 4.69) is 13.8 Å². The van der Waals surface area contributed by atoms with Gasteiger partial charge in [-0.2, -0.15) is 5.26 Å². The molecule has 1 heterocycles. The van der Waals surface area contributed by atoms with Crippen LogP contribution in [0.1, 0.15) is 79.1 Å². The van der Waals surface area contributed by atoms with Crippen molar-refractivity contribution in [1.29, 1.82) is 5.26 Å². The van der Waals surface area contributed by atoms with Crippen LogP contribution in [0.15, 0.2) is 23.8 Å². The number of ketones is 1. The number of hydrogen-bond donors (Lipinski definition) is 2. The van der Waals surface area contributed by atoms with Crippen LogP contribution in [0.2, 0.25) is 0 Å². The van der Waals surface area contributed by atoms with Gasteiger partial charge in [-0.1, -0.05) is 46.3 Å². The highest BCUT2D eigenvalue weighted by molar-refractivity contribution is 6.00. The number of allylic oxidation sites excluding steroid dienone is 3. The highest BCUT2D eigenvalue weighted by Crippen LogP contribution is 2.37. The maximum Gasteiger partial charge on any atom is 0.308 e. The molecule has 2 aliphatic rings. The fourth-order valence-corrected chi connectivity index (χ4v) is 5.88. The van der Waals surface area contributed by atoms with Gasteiger partial charge in [-0.15, -0.1) is 0 Å². The van der Waals surface area contributed by atoms with E-state index < -0.39 is 18.2 Å². The molecule has 34 heavy (non-hydrogen) atoms. The Balaban J connectivity index is 2.28. The molecule has 1 aliphatic heterocycles. The van der Waals surface area contributed by atoms with Crippen molar-refractivity contribution in [2.45, 2.75) is 91.3 Å². The molecule has 1 aliphatic carbocycles. The first-order valence-electron chi connectivity index (χ1n) is 13.0. The van der Waals surface area contributed by atoms with Gasteiger partial charge >= 0.3 is 5.97 Å². The van der Waals surface area contributed by atoms with E-state index in [1.807, 2.05) is 26.0 Å². The molecule has 190 valence electrons. The molecule has 0 bridgehead atoms. The molecule has 0 aromatic carbocycles. The number of Topliss-reactive ketones (excluding diaryl/α,β-unsaturated/α-hetero) is 1. The number of rotatable bonds is 2. The molecule has 6 nitrogen and oxygen atoms in total. The lowest BCUT2D eigenvalue weighted by atomic mass is 9.82. The molecule has 2 N–H and O–H groups in total. The highest BCUT2D eigenvalue weighted by atomic mass is 16.5. The second-order valence-corrected chi connectivity index (χ2v) is 10.9. The van der Waals surface area contributed by atoms with Crippen LogP contribution in [-0.2, 0) is 14.3 Å². The van der Waals surface area contributed by atoms with Gasteiger partial charge in [0.15, 0.2) is 5.78 Å². The normalized spacial score (nSPS) is 39.7. The molecule has 1 fully saturated rings. The SMILES string of the molecule is C[C@@H]1C[C@H](C)C[C@H](C)[C@@H](O)CC(=O)O[C@H]([C@@H]2CCC[C@H]2CO)C/C=C/C=C(/C#N)C(=O)[C@@H](C)C1. The monoisotopic (exact) mass is 473 g/mol. The Bertz CT molecular complexity index is 782. The summed E-state index contributed by atoms with van der Waals surface area (Å²) in [7, 11) is 0. The largest absolute Gasteiger partial charge is 0.462 e. The van der Waals surface area contributed by atoms with Crippen molar-refractivity contribution in [2.24, 2.45) is 35.5 Å². The Labute approximate surface area is 205 Å². The Kier molecular flexibility index (Phi) is 11.5. The van der Waals surface area contributed by atoms with Crippen LogP contribution in [-0.4, -0.2) is 40.8 Å². The number of ether oxygens (including phenoxy) is 1. The lowest BCUT2D eigenvalue weighted by molar-refractivity contribution is -0.155. The Morgan fingerprint density at radius 2 is 1.79 bits per heavy atom. The van der Waals surface area contributed by atoms with E-state index in [1.165, 1.54) is 0 Å². The zero-order valence-corrected chi connectivity index (χ0v) is 21.3. The topological polar surface area (TPSA) is 108 Å². The molecule has 0 amide bonds. The molecule has 0 unspecified atom stereocenters. The van der Waals surface area contributed by atoms with Crippen molar-refractivity contribution in [1.82, 2.24) is 0 Å². The van der Waals surface area contributed by atoms with Gasteiger partial charge in [0.2, 0.25) is 0 Å². The van der Waals surface area contributed by atoms with E-state index in [0.29, 0.717) is 24.7 Å². The summed E-state index contributed by atoms with van der Waals surface area (Å²) >= 11 is 0. The zero-order valence-electron chi connectivity index (χ0n) is 21.3. The summed E-state index contributed by atoms with van der Waals surface area (Å²) in [6.07, 6.45) is 9.47. The van der Waals surface area contributed by atoms with Gasteiger partial charge in [0.05, 0.1) is 18.1 Å². The predicted octanol–water partition coefficient (Wildman–Crippen LogP) is 4.75. The van der Waals surface area contributed by atoms with Crippen molar-refractivity contribution in [3.63, 3.8) is 0 Å². The minimum atomic E-state index is -0.765. The minimum Gasteiger partial charge on any atom is -0.462 e. The summed E-state index contributed by atoms with van der Waals surface area (Å²) in [6.45, 7) is 8.17. The van der Waals surface area contributed by atoms with E-state index in [0.717, 1.165) is 32.1 Å². The van der Waals surface area contributed by atoms with Crippen molar-refractivity contribution < 1.29 is 24.5 Å². The highest BCUT2D eigenvalue weighted by Gasteiger charge is 2.35. The average Bonchev–Trinajstić information content (AvgIpc) is 3.25. The molecule has 6 heteroatoms. The van der Waals surface area contributed by atoms with Crippen LogP contribution in [0.4, 0.5) is 0 Å². The summed E-state index contributed by atoms with van der Waals surface area (Å²) in [6, 6.07) is 2.04. The molecule has 0 aromatic rings. The third-order valence-corrected chi connectivity index (χ3v) is 7.68. The Morgan fingerprint density at radius 1 is 1.09 bits per heavy atom. The van der Waals surface area contributed by atoms with Gasteiger partial charge in [0.25, 0.3) is 0 Å². The fourth-order valence-electron chi connectivity index (χ4n) is 5.88. The number of carbonyl (C=O) groups is 2. The minimum absolute atomic E-state index is 0.0375. The summed E-state index contributed by atoms with van der Waals surface area (Å²) in [5.41, 5.74) is 0.143. The lowest BCUT2D eigenvalue weighted by Gasteiger charge is -2.28. The lowest BCUT2D eigenvalue weighted by Crippen LogP contribution is -2.32. The van der Waals surface area contributed by atoms with Crippen LogP contribution in [0, 0.1) is 46.8 Å². The van der Waals surface area contributed by atoms with Gasteiger partial charge in [0.1, 0.15) is 12.2 Å². The number of nitrogens with zero attached hydrogens (tertiary/aromatic N) is 1. The quantitative estimate of drug-likeness (QED) is 0.560. The molecule has 1 saturated carbocycles. The molecule has 8 atom stereocenters. The first-order chi connectivity index (χ1) is 16.2. The predicted molar refractivity (Wildman–Crippen MR) is 131 cm³/mol. The van der Waals surface area contributed by atoms with E-state index in [4.69, 9.17) is 4.74 Å². The molecule has 0 spiro atoms. The number of aliphatic hydroxyl groups excluding tert-OH is 2. The third-order valence-electron chi connectivity index (χ3n) is 7.68. The first kappa shape index (κ1) is 28.3. The summed E-state index contributed by atoms with van der Waals surface area (Å²) < 4.78 is 5.85. The van der Waals surface area contributed by atoms with Crippen molar-refractivity contribution in [2.75, 3.05) is 6.61 Å². The smallest absolute Gasteiger partial charge is 0.308 e. The maximum atomic E-state index is 12.8. The average molecular weight is 474 g/mol. The number of esters is 1. The van der Waals surface area contributed by atoms with Gasteiger partial charge in [0, 0.05) is 24.9 Å². The molecule has 0 aromatic heterocycles. The van der Waals surface area contributed by atoms with Gasteiger partial charge in [-0.05, 0) is 61.9 Å². The van der Waals surface area contributed by atoms with Gasteiger partial charge in [-0.3, -0.25) is 9.59 Å². The molecule has 0 saturated heterocycles. The first-order valence-corrected chi connectivity index (χ1v) is 13.0. The third kappa shape index (κ3) is 8.36. The van der Waals surface area contributed by atoms with Crippen LogP contribution in [0.5, 0.6) is 0 Å². The molecule has 0 radical (unpaired) electrons. The Hall–Kier alpha value is -1.97. The standard InChI is InChI=1S/C28H43NO5/c1-18-12-19(2)14-21(4)28(33)22(16-29)8-5-6-11-26(24-10-7-9-23(24)17-30)34-27(32)15-25(31)20(3)13-18/h5-6,8,18-21,23-26,30-31H,7,9-15,17H2,1-4H3/b6-5+,22-8-/t18-,19+,20-,21-,23-,24+,25-,26-/m0/s1. The molecular weight excluding hydrogens is 430 g/mol. The summed E-state index contributed by atoms with van der Waals surface area (Å²) in [5, 5.41) is 30.0. The fraction of sp³-hybridized carbons (Fsp3) is 0.750. The Morgan fingerprint density at radius 3 is 2.47 bits per heavy atom. The van der Waals surface area contributed by atoms with Crippen molar-refractivity contribution >= 4 is 11.8 Å². The van der Waals surface area contributed by atoms with Gasteiger partial charge < -0.3 is 14.9 Å². The number of aliphatic hydroxyl groups is 2. The van der Waals surface area contributed by atoms with Crippen LogP contribution < -0.4 is 0 Å². The summed E-state index contributed by atoms with van der Waals surface area (Å²) in [5.74, 6) is -0.0514. The maximum absolute atomic E-state index is 12.8. The molecular formula is C28H43NO5.